The van der Waals surface area contributed by atoms with Gasteiger partial charge in [-0.2, -0.15) is 5.10 Å². The monoisotopic (exact) mass is 328 g/mol. The predicted molar refractivity (Wildman–Crippen MR) is 83.3 cm³/mol. The molecule has 4 rings (SSSR count). The third-order valence-electron chi connectivity index (χ3n) is 4.34. The van der Waals surface area contributed by atoms with Crippen molar-refractivity contribution in [2.45, 2.75) is 32.2 Å². The summed E-state index contributed by atoms with van der Waals surface area (Å²) in [6.45, 7) is 0.443. The maximum atomic E-state index is 12.4. The van der Waals surface area contributed by atoms with Gasteiger partial charge in [0.1, 0.15) is 5.69 Å². The zero-order valence-corrected chi connectivity index (χ0v) is 12.9. The van der Waals surface area contributed by atoms with Crippen molar-refractivity contribution < 1.29 is 24.2 Å². The number of nitrogens with zero attached hydrogens (tertiary/aromatic N) is 2. The second-order valence-corrected chi connectivity index (χ2v) is 5.88. The molecule has 0 bridgehead atoms. The third kappa shape index (κ3) is 2.42. The number of hydrogen-bond donors (Lipinski definition) is 1. The van der Waals surface area contributed by atoms with Crippen molar-refractivity contribution in [2.75, 3.05) is 6.79 Å². The number of fused-ring (bicyclic) bond motifs is 2. The quantitative estimate of drug-likeness (QED) is 0.926. The van der Waals surface area contributed by atoms with Gasteiger partial charge < -0.3 is 14.6 Å². The normalized spacial score (nSPS) is 15.4. The number of aromatic nitrogens is 2. The Morgan fingerprint density at radius 3 is 2.92 bits per heavy atom. The molecule has 24 heavy (non-hydrogen) atoms. The predicted octanol–water partition coefficient (Wildman–Crippen LogP) is 2.27. The molecule has 0 radical (unpaired) electrons. The fourth-order valence-corrected chi connectivity index (χ4v) is 3.22. The Hall–Kier alpha value is -2.83. The summed E-state index contributed by atoms with van der Waals surface area (Å²) in [4.78, 5) is 23.3. The Labute approximate surface area is 137 Å². The summed E-state index contributed by atoms with van der Waals surface area (Å²) >= 11 is 0. The zero-order valence-electron chi connectivity index (χ0n) is 12.9. The van der Waals surface area contributed by atoms with Gasteiger partial charge in [-0.3, -0.25) is 14.3 Å². The van der Waals surface area contributed by atoms with E-state index in [2.05, 4.69) is 5.10 Å². The highest BCUT2D eigenvalue weighted by atomic mass is 16.7. The van der Waals surface area contributed by atoms with Crippen LogP contribution in [0.3, 0.4) is 0 Å². The summed E-state index contributed by atoms with van der Waals surface area (Å²) in [6.07, 6.45) is 1.97. The van der Waals surface area contributed by atoms with Crippen LogP contribution in [0, 0.1) is 0 Å². The highest BCUT2D eigenvalue weighted by molar-refractivity contribution is 6.03. The SMILES string of the molecule is O=C(O)CCn1nc(-c2ccc3c(c2)OCO3)c2c1CCCC2=O. The van der Waals surface area contributed by atoms with Crippen LogP contribution in [0.2, 0.25) is 0 Å². The van der Waals surface area contributed by atoms with E-state index in [4.69, 9.17) is 14.6 Å². The van der Waals surface area contributed by atoms with Gasteiger partial charge in [0.25, 0.3) is 0 Å². The number of carboxylic acids is 1. The van der Waals surface area contributed by atoms with Crippen LogP contribution in [0.5, 0.6) is 11.5 Å². The molecule has 2 aromatic rings. The van der Waals surface area contributed by atoms with E-state index in [0.717, 1.165) is 24.1 Å². The molecule has 1 aliphatic carbocycles. The average molecular weight is 328 g/mol. The Morgan fingerprint density at radius 2 is 2.08 bits per heavy atom. The summed E-state index contributed by atoms with van der Waals surface area (Å²) < 4.78 is 12.4. The van der Waals surface area contributed by atoms with Gasteiger partial charge in [-0.15, -0.1) is 0 Å². The Morgan fingerprint density at radius 1 is 1.25 bits per heavy atom. The first-order valence-corrected chi connectivity index (χ1v) is 7.88. The average Bonchev–Trinajstić information content (AvgIpc) is 3.17. The fraction of sp³-hybridized carbons (Fsp3) is 0.353. The van der Waals surface area contributed by atoms with Crippen LogP contribution in [0.25, 0.3) is 11.3 Å². The number of aryl methyl sites for hydroxylation is 1. The molecule has 0 unspecified atom stereocenters. The van der Waals surface area contributed by atoms with Gasteiger partial charge in [0.05, 0.1) is 18.5 Å². The first-order valence-electron chi connectivity index (χ1n) is 7.88. The van der Waals surface area contributed by atoms with Crippen LogP contribution < -0.4 is 9.47 Å². The number of Topliss-reactive ketones (excluding diaryl/α,β-unsaturated/α-hetero) is 1. The third-order valence-corrected chi connectivity index (χ3v) is 4.34. The van der Waals surface area contributed by atoms with Crippen molar-refractivity contribution in [2.24, 2.45) is 0 Å². The van der Waals surface area contributed by atoms with E-state index in [0.29, 0.717) is 29.2 Å². The van der Waals surface area contributed by atoms with Gasteiger partial charge in [-0.1, -0.05) is 0 Å². The van der Waals surface area contributed by atoms with Crippen LogP contribution in [0.4, 0.5) is 0 Å². The van der Waals surface area contributed by atoms with Gasteiger partial charge in [-0.25, -0.2) is 0 Å². The smallest absolute Gasteiger partial charge is 0.305 e. The van der Waals surface area contributed by atoms with Gasteiger partial charge in [0.2, 0.25) is 6.79 Å². The Kier molecular flexibility index (Phi) is 3.48. The molecule has 7 heteroatoms. The molecule has 0 saturated heterocycles. The second kappa shape index (κ2) is 5.67. The molecule has 2 aliphatic rings. The van der Waals surface area contributed by atoms with Crippen LogP contribution in [-0.2, 0) is 17.8 Å². The van der Waals surface area contributed by atoms with Crippen molar-refractivity contribution >= 4 is 11.8 Å². The molecular formula is C17H16N2O5. The molecule has 1 aromatic heterocycles. The van der Waals surface area contributed by atoms with E-state index in [1.54, 1.807) is 10.7 Å². The maximum Gasteiger partial charge on any atom is 0.305 e. The maximum absolute atomic E-state index is 12.4. The molecule has 0 spiro atoms. The first-order chi connectivity index (χ1) is 11.6. The second-order valence-electron chi connectivity index (χ2n) is 5.88. The first kappa shape index (κ1) is 14.7. The minimum atomic E-state index is -0.883. The number of carbonyl (C=O) groups is 2. The molecule has 0 saturated carbocycles. The molecule has 1 aromatic carbocycles. The summed E-state index contributed by atoms with van der Waals surface area (Å²) in [7, 11) is 0. The lowest BCUT2D eigenvalue weighted by atomic mass is 9.92. The van der Waals surface area contributed by atoms with Crippen molar-refractivity contribution in [3.05, 3.63) is 29.5 Å². The van der Waals surface area contributed by atoms with Crippen LogP contribution in [0.1, 0.15) is 35.3 Å². The molecule has 0 fully saturated rings. The van der Waals surface area contributed by atoms with Gasteiger partial charge in [-0.05, 0) is 31.0 Å². The largest absolute Gasteiger partial charge is 0.481 e. The summed E-state index contributed by atoms with van der Waals surface area (Å²) in [5, 5.41) is 13.5. The standard InChI is InChI=1S/C17H16N2O5/c20-12-3-1-2-11-16(12)17(18-19(11)7-6-15(21)22)10-4-5-13-14(8-10)24-9-23-13/h4-5,8H,1-3,6-7,9H2,(H,21,22). The summed E-state index contributed by atoms with van der Waals surface area (Å²) in [5.74, 6) is 0.477. The van der Waals surface area contributed by atoms with E-state index < -0.39 is 5.97 Å². The number of rotatable bonds is 4. The molecule has 1 N–H and O–H groups in total. The Bertz CT molecular complexity index is 840. The number of benzene rings is 1. The summed E-state index contributed by atoms with van der Waals surface area (Å²) in [6, 6.07) is 5.46. The van der Waals surface area contributed by atoms with Crippen LogP contribution in [-0.4, -0.2) is 33.4 Å². The number of carbonyl (C=O) groups excluding carboxylic acids is 1. The van der Waals surface area contributed by atoms with E-state index in [-0.39, 0.29) is 25.5 Å². The molecular weight excluding hydrogens is 312 g/mol. The molecule has 2 heterocycles. The number of hydrogen-bond acceptors (Lipinski definition) is 5. The van der Waals surface area contributed by atoms with E-state index >= 15 is 0 Å². The zero-order chi connectivity index (χ0) is 16.7. The topological polar surface area (TPSA) is 90.7 Å². The molecule has 124 valence electrons. The van der Waals surface area contributed by atoms with E-state index in [1.807, 2.05) is 12.1 Å². The minimum Gasteiger partial charge on any atom is -0.481 e. The number of ketones is 1. The molecule has 0 atom stereocenters. The lowest BCUT2D eigenvalue weighted by Crippen LogP contribution is -2.15. The van der Waals surface area contributed by atoms with Gasteiger partial charge in [0.15, 0.2) is 17.3 Å². The van der Waals surface area contributed by atoms with E-state index in [9.17, 15) is 9.59 Å². The Balaban J connectivity index is 1.80. The molecule has 1 aliphatic heterocycles. The fourth-order valence-electron chi connectivity index (χ4n) is 3.22. The van der Waals surface area contributed by atoms with Crippen LogP contribution in [0.15, 0.2) is 18.2 Å². The van der Waals surface area contributed by atoms with Crippen molar-refractivity contribution in [1.29, 1.82) is 0 Å². The molecule has 7 nitrogen and oxygen atoms in total. The van der Waals surface area contributed by atoms with Crippen molar-refractivity contribution in [3.63, 3.8) is 0 Å². The molecule has 0 amide bonds. The highest BCUT2D eigenvalue weighted by Crippen LogP contribution is 2.38. The minimum absolute atomic E-state index is 0.0249. The van der Waals surface area contributed by atoms with Gasteiger partial charge in [0, 0.05) is 17.7 Å². The summed E-state index contributed by atoms with van der Waals surface area (Å²) in [5.41, 5.74) is 2.82. The van der Waals surface area contributed by atoms with Crippen molar-refractivity contribution in [1.82, 2.24) is 9.78 Å². The van der Waals surface area contributed by atoms with Gasteiger partial charge >= 0.3 is 5.97 Å². The highest BCUT2D eigenvalue weighted by Gasteiger charge is 2.28. The number of ether oxygens (including phenoxy) is 2. The number of aliphatic carboxylic acids is 1. The lowest BCUT2D eigenvalue weighted by molar-refractivity contribution is -0.137. The lowest BCUT2D eigenvalue weighted by Gasteiger charge is -2.13. The van der Waals surface area contributed by atoms with Crippen molar-refractivity contribution in [3.8, 4) is 22.8 Å². The van der Waals surface area contributed by atoms with E-state index in [1.165, 1.54) is 0 Å². The van der Waals surface area contributed by atoms with Crippen LogP contribution >= 0.6 is 0 Å². The number of carboxylic acid groups (broad SMARTS) is 1.